The number of hydrogen-bond donors (Lipinski definition) is 2. The Balaban J connectivity index is 2.04. The van der Waals surface area contributed by atoms with Crippen LogP contribution in [0.25, 0.3) is 0 Å². The highest BCUT2D eigenvalue weighted by molar-refractivity contribution is 5.19. The Kier molecular flexibility index (Phi) is 4.13. The van der Waals surface area contributed by atoms with E-state index in [9.17, 15) is 8.78 Å². The standard InChI is InChI=1S/C11H14F2N6/c1-19-17-11(16-18-19)6-8(15-14)4-7-2-3-9(12)10(13)5-7/h2-3,5,8,15H,4,6,14H2,1H3. The largest absolute Gasteiger partial charge is 0.271 e. The van der Waals surface area contributed by atoms with E-state index < -0.39 is 11.6 Å². The summed E-state index contributed by atoms with van der Waals surface area (Å²) in [6.45, 7) is 0. The van der Waals surface area contributed by atoms with Crippen LogP contribution in [0.3, 0.4) is 0 Å². The first-order valence-corrected chi connectivity index (χ1v) is 5.71. The number of tetrazole rings is 1. The molecule has 1 atom stereocenters. The molecule has 8 heteroatoms. The molecule has 6 nitrogen and oxygen atoms in total. The van der Waals surface area contributed by atoms with Crippen molar-refractivity contribution in [1.29, 1.82) is 0 Å². The molecule has 0 amide bonds. The molecule has 0 bridgehead atoms. The molecular formula is C11H14F2N6. The summed E-state index contributed by atoms with van der Waals surface area (Å²) < 4.78 is 25.9. The van der Waals surface area contributed by atoms with Crippen molar-refractivity contribution in [2.75, 3.05) is 0 Å². The molecule has 1 aromatic heterocycles. The van der Waals surface area contributed by atoms with Gasteiger partial charge in [0.1, 0.15) is 0 Å². The maximum atomic E-state index is 13.1. The summed E-state index contributed by atoms with van der Waals surface area (Å²) in [5.41, 5.74) is 3.25. The average Bonchev–Trinajstić information content (AvgIpc) is 2.78. The highest BCUT2D eigenvalue weighted by atomic mass is 19.2. The molecule has 102 valence electrons. The van der Waals surface area contributed by atoms with Gasteiger partial charge in [0.15, 0.2) is 17.5 Å². The van der Waals surface area contributed by atoms with E-state index in [1.54, 1.807) is 7.05 Å². The summed E-state index contributed by atoms with van der Waals surface area (Å²) in [6, 6.07) is 3.59. The van der Waals surface area contributed by atoms with Gasteiger partial charge in [0.25, 0.3) is 0 Å². The second-order valence-corrected chi connectivity index (χ2v) is 4.22. The SMILES string of the molecule is Cn1nnc(CC(Cc2ccc(F)c(F)c2)NN)n1. The lowest BCUT2D eigenvalue weighted by atomic mass is 10.0. The number of halogens is 2. The Morgan fingerprint density at radius 1 is 1.32 bits per heavy atom. The van der Waals surface area contributed by atoms with Gasteiger partial charge >= 0.3 is 0 Å². The third-order valence-electron chi connectivity index (χ3n) is 2.68. The van der Waals surface area contributed by atoms with Crippen LogP contribution in [0.5, 0.6) is 0 Å². The Morgan fingerprint density at radius 3 is 2.68 bits per heavy atom. The minimum absolute atomic E-state index is 0.186. The monoisotopic (exact) mass is 268 g/mol. The van der Waals surface area contributed by atoms with Crippen LogP contribution in [0.15, 0.2) is 18.2 Å². The molecule has 0 aliphatic heterocycles. The minimum Gasteiger partial charge on any atom is -0.271 e. The fourth-order valence-electron chi connectivity index (χ4n) is 1.77. The summed E-state index contributed by atoms with van der Waals surface area (Å²) in [4.78, 5) is 1.35. The van der Waals surface area contributed by atoms with Crippen molar-refractivity contribution >= 4 is 0 Å². The highest BCUT2D eigenvalue weighted by Gasteiger charge is 2.13. The van der Waals surface area contributed by atoms with E-state index in [2.05, 4.69) is 20.8 Å². The molecule has 2 rings (SSSR count). The topological polar surface area (TPSA) is 81.7 Å². The van der Waals surface area contributed by atoms with E-state index in [1.807, 2.05) is 0 Å². The second-order valence-electron chi connectivity index (χ2n) is 4.22. The van der Waals surface area contributed by atoms with Crippen molar-refractivity contribution in [2.24, 2.45) is 12.9 Å². The average molecular weight is 268 g/mol. The third-order valence-corrected chi connectivity index (χ3v) is 2.68. The Hall–Kier alpha value is -1.93. The van der Waals surface area contributed by atoms with Crippen LogP contribution >= 0.6 is 0 Å². The Labute approximate surface area is 108 Å². The molecule has 0 saturated carbocycles. The predicted molar refractivity (Wildman–Crippen MR) is 63.7 cm³/mol. The number of aromatic nitrogens is 4. The molecular weight excluding hydrogens is 254 g/mol. The maximum Gasteiger partial charge on any atom is 0.176 e. The van der Waals surface area contributed by atoms with Crippen LogP contribution in [0, 0.1) is 11.6 Å². The fourth-order valence-corrected chi connectivity index (χ4v) is 1.77. The molecule has 0 aliphatic rings. The van der Waals surface area contributed by atoms with Crippen molar-refractivity contribution in [3.8, 4) is 0 Å². The van der Waals surface area contributed by atoms with Gasteiger partial charge < -0.3 is 0 Å². The van der Waals surface area contributed by atoms with Crippen LogP contribution in [-0.2, 0) is 19.9 Å². The van der Waals surface area contributed by atoms with Gasteiger partial charge in [-0.1, -0.05) is 6.07 Å². The molecule has 0 fully saturated rings. The fraction of sp³-hybridized carbons (Fsp3) is 0.364. The highest BCUT2D eigenvalue weighted by Crippen LogP contribution is 2.11. The van der Waals surface area contributed by atoms with Crippen molar-refractivity contribution in [3.63, 3.8) is 0 Å². The van der Waals surface area contributed by atoms with Gasteiger partial charge in [-0.25, -0.2) is 8.78 Å². The van der Waals surface area contributed by atoms with Crippen molar-refractivity contribution in [3.05, 3.63) is 41.2 Å². The van der Waals surface area contributed by atoms with Gasteiger partial charge in [-0.15, -0.1) is 10.2 Å². The first-order valence-electron chi connectivity index (χ1n) is 5.71. The Bertz CT molecular complexity index is 556. The molecule has 2 aromatic rings. The number of aryl methyl sites for hydroxylation is 1. The van der Waals surface area contributed by atoms with E-state index in [4.69, 9.17) is 5.84 Å². The van der Waals surface area contributed by atoms with Gasteiger partial charge in [-0.05, 0) is 29.3 Å². The van der Waals surface area contributed by atoms with Gasteiger partial charge in [-0.2, -0.15) is 4.80 Å². The lowest BCUT2D eigenvalue weighted by molar-refractivity contribution is 0.494. The molecule has 0 aliphatic carbocycles. The van der Waals surface area contributed by atoms with Gasteiger partial charge in [0.05, 0.1) is 7.05 Å². The van der Waals surface area contributed by atoms with Crippen molar-refractivity contribution in [2.45, 2.75) is 18.9 Å². The zero-order valence-corrected chi connectivity index (χ0v) is 10.3. The van der Waals surface area contributed by atoms with Crippen molar-refractivity contribution in [1.82, 2.24) is 25.6 Å². The van der Waals surface area contributed by atoms with Crippen LogP contribution in [0.4, 0.5) is 8.78 Å². The lowest BCUT2D eigenvalue weighted by Gasteiger charge is -2.13. The third kappa shape index (κ3) is 3.52. The van der Waals surface area contributed by atoms with E-state index in [0.717, 1.165) is 12.1 Å². The summed E-state index contributed by atoms with van der Waals surface area (Å²) in [5.74, 6) is 4.24. The van der Waals surface area contributed by atoms with Crippen LogP contribution < -0.4 is 11.3 Å². The number of nitrogens with two attached hydrogens (primary N) is 1. The van der Waals surface area contributed by atoms with Crippen molar-refractivity contribution < 1.29 is 8.78 Å². The first-order chi connectivity index (χ1) is 9.08. The van der Waals surface area contributed by atoms with E-state index >= 15 is 0 Å². The molecule has 1 heterocycles. The number of hydrogen-bond acceptors (Lipinski definition) is 5. The van der Waals surface area contributed by atoms with E-state index in [0.29, 0.717) is 24.2 Å². The zero-order chi connectivity index (χ0) is 13.8. The van der Waals surface area contributed by atoms with Crippen LogP contribution in [0.1, 0.15) is 11.4 Å². The van der Waals surface area contributed by atoms with Crippen LogP contribution in [-0.4, -0.2) is 26.2 Å². The lowest BCUT2D eigenvalue weighted by Crippen LogP contribution is -2.38. The van der Waals surface area contributed by atoms with Gasteiger partial charge in [0.2, 0.25) is 0 Å². The summed E-state index contributed by atoms with van der Waals surface area (Å²) in [5, 5.41) is 11.6. The summed E-state index contributed by atoms with van der Waals surface area (Å²) in [7, 11) is 1.66. The molecule has 0 saturated heterocycles. The number of nitrogens with one attached hydrogen (secondary N) is 1. The van der Waals surface area contributed by atoms with Gasteiger partial charge in [-0.3, -0.25) is 11.3 Å². The van der Waals surface area contributed by atoms with E-state index in [1.165, 1.54) is 10.9 Å². The Morgan fingerprint density at radius 2 is 2.11 bits per heavy atom. The molecule has 1 unspecified atom stereocenters. The van der Waals surface area contributed by atoms with E-state index in [-0.39, 0.29) is 6.04 Å². The molecule has 0 spiro atoms. The zero-order valence-electron chi connectivity index (χ0n) is 10.3. The maximum absolute atomic E-state index is 13.1. The molecule has 3 N–H and O–H groups in total. The second kappa shape index (κ2) is 5.81. The quantitative estimate of drug-likeness (QED) is 0.594. The predicted octanol–water partition coefficient (Wildman–Crippen LogP) is 0.105. The molecule has 0 radical (unpaired) electrons. The molecule has 19 heavy (non-hydrogen) atoms. The first kappa shape index (κ1) is 13.5. The molecule has 1 aromatic carbocycles. The normalized spacial score (nSPS) is 12.6. The minimum atomic E-state index is -0.870. The summed E-state index contributed by atoms with van der Waals surface area (Å²) >= 11 is 0. The number of nitrogens with zero attached hydrogens (tertiary/aromatic N) is 4. The number of hydrazine groups is 1. The smallest absolute Gasteiger partial charge is 0.176 e. The number of benzene rings is 1. The summed E-state index contributed by atoms with van der Waals surface area (Å²) in [6.07, 6.45) is 0.884. The van der Waals surface area contributed by atoms with Gasteiger partial charge in [0, 0.05) is 12.5 Å². The number of rotatable bonds is 5. The van der Waals surface area contributed by atoms with Crippen LogP contribution in [0.2, 0.25) is 0 Å².